The summed E-state index contributed by atoms with van der Waals surface area (Å²) in [6.45, 7) is 0. The smallest absolute Gasteiger partial charge is 0.129 e. The van der Waals surface area contributed by atoms with Gasteiger partial charge in [-0.05, 0) is 36.4 Å². The molecule has 0 spiro atoms. The summed E-state index contributed by atoms with van der Waals surface area (Å²) >= 11 is 5.80. The highest BCUT2D eigenvalue weighted by atomic mass is 35.5. The minimum atomic E-state index is 0.624. The summed E-state index contributed by atoms with van der Waals surface area (Å²) in [5.74, 6) is 1.49. The predicted molar refractivity (Wildman–Crippen MR) is 56.8 cm³/mol. The lowest BCUT2D eigenvalue weighted by molar-refractivity contribution is 0.482. The Balaban J connectivity index is 2.19. The van der Waals surface area contributed by atoms with Crippen LogP contribution in [-0.2, 0) is 0 Å². The highest BCUT2D eigenvalue weighted by Crippen LogP contribution is 2.23. The first-order valence-corrected chi connectivity index (χ1v) is 4.62. The van der Waals surface area contributed by atoms with Crippen LogP contribution in [0.4, 0.5) is 0 Å². The molecule has 2 aromatic rings. The van der Waals surface area contributed by atoms with Gasteiger partial charge >= 0.3 is 0 Å². The van der Waals surface area contributed by atoms with Gasteiger partial charge in [0.15, 0.2) is 0 Å². The monoisotopic (exact) mass is 203 g/mol. The molecule has 0 N–H and O–H groups in total. The number of hydrogen-bond acceptors (Lipinski definition) is 1. The molecular weight excluding hydrogens is 196 g/mol. The first-order chi connectivity index (χ1) is 6.84. The summed E-state index contributed by atoms with van der Waals surface area (Å²) in [5, 5.41) is 0.624. The fourth-order valence-electron chi connectivity index (χ4n) is 1.11. The van der Waals surface area contributed by atoms with Crippen LogP contribution in [0.1, 0.15) is 0 Å². The van der Waals surface area contributed by atoms with Gasteiger partial charge in [0.1, 0.15) is 11.5 Å². The Morgan fingerprint density at radius 2 is 1.79 bits per heavy atom. The Morgan fingerprint density at radius 3 is 2.50 bits per heavy atom. The quantitative estimate of drug-likeness (QED) is 0.719. The minimum absolute atomic E-state index is 0.624. The van der Waals surface area contributed by atoms with Gasteiger partial charge in [-0.25, -0.2) is 0 Å². The molecule has 0 heterocycles. The van der Waals surface area contributed by atoms with Gasteiger partial charge in [0, 0.05) is 5.02 Å². The second kappa shape index (κ2) is 4.16. The van der Waals surface area contributed by atoms with Crippen LogP contribution < -0.4 is 4.74 Å². The topological polar surface area (TPSA) is 9.23 Å². The summed E-state index contributed by atoms with van der Waals surface area (Å²) in [5.41, 5.74) is 0. The van der Waals surface area contributed by atoms with Crippen molar-refractivity contribution < 1.29 is 4.74 Å². The average Bonchev–Trinajstić information content (AvgIpc) is 2.19. The normalized spacial score (nSPS) is 9.79. The molecule has 14 heavy (non-hydrogen) atoms. The van der Waals surface area contributed by atoms with E-state index in [-0.39, 0.29) is 0 Å². The van der Waals surface area contributed by atoms with E-state index in [2.05, 4.69) is 6.07 Å². The van der Waals surface area contributed by atoms with Gasteiger partial charge < -0.3 is 4.74 Å². The predicted octanol–water partition coefficient (Wildman–Crippen LogP) is 3.93. The summed E-state index contributed by atoms with van der Waals surface area (Å²) in [6, 6.07) is 17.7. The molecule has 69 valence electrons. The van der Waals surface area contributed by atoms with Crippen molar-refractivity contribution in [3.8, 4) is 11.5 Å². The maximum absolute atomic E-state index is 5.80. The minimum Gasteiger partial charge on any atom is -0.457 e. The first-order valence-electron chi connectivity index (χ1n) is 4.24. The third-order valence-corrected chi connectivity index (χ3v) is 1.92. The molecule has 1 nitrogen and oxygen atoms in total. The molecule has 2 rings (SSSR count). The van der Waals surface area contributed by atoms with E-state index in [9.17, 15) is 0 Å². The van der Waals surface area contributed by atoms with Crippen molar-refractivity contribution in [3.63, 3.8) is 0 Å². The molecule has 0 amide bonds. The number of rotatable bonds is 2. The van der Waals surface area contributed by atoms with E-state index in [0.717, 1.165) is 5.75 Å². The molecule has 0 unspecified atom stereocenters. The van der Waals surface area contributed by atoms with E-state index in [1.807, 2.05) is 30.3 Å². The fourth-order valence-corrected chi connectivity index (χ4v) is 1.28. The van der Waals surface area contributed by atoms with Crippen LogP contribution in [-0.4, -0.2) is 0 Å². The zero-order valence-electron chi connectivity index (χ0n) is 7.41. The molecule has 0 saturated carbocycles. The highest BCUT2D eigenvalue weighted by Gasteiger charge is 1.96. The summed E-state index contributed by atoms with van der Waals surface area (Å²) in [4.78, 5) is 0. The van der Waals surface area contributed by atoms with Crippen LogP contribution in [0, 0.1) is 6.07 Å². The molecule has 0 atom stereocenters. The Labute approximate surface area is 87.9 Å². The molecule has 2 heteroatoms. The molecule has 0 aromatic heterocycles. The molecule has 2 aromatic carbocycles. The van der Waals surface area contributed by atoms with Gasteiger partial charge in [0.25, 0.3) is 0 Å². The van der Waals surface area contributed by atoms with E-state index >= 15 is 0 Å². The van der Waals surface area contributed by atoms with Crippen LogP contribution in [0.5, 0.6) is 11.5 Å². The summed E-state index contributed by atoms with van der Waals surface area (Å²) < 4.78 is 5.54. The lowest BCUT2D eigenvalue weighted by atomic mass is 10.3. The van der Waals surface area contributed by atoms with Gasteiger partial charge in [-0.2, -0.15) is 0 Å². The van der Waals surface area contributed by atoms with E-state index < -0.39 is 0 Å². The second-order valence-corrected chi connectivity index (χ2v) is 3.24. The molecule has 0 saturated heterocycles. The maximum atomic E-state index is 5.80. The maximum Gasteiger partial charge on any atom is 0.129 e. The van der Waals surface area contributed by atoms with Crippen LogP contribution in [0.3, 0.4) is 0 Å². The van der Waals surface area contributed by atoms with Gasteiger partial charge in [0.2, 0.25) is 0 Å². The molecule has 0 aliphatic heterocycles. The summed E-state index contributed by atoms with van der Waals surface area (Å²) in [6.07, 6.45) is 0. The van der Waals surface area contributed by atoms with Crippen LogP contribution in [0.15, 0.2) is 48.5 Å². The van der Waals surface area contributed by atoms with Crippen molar-refractivity contribution in [2.45, 2.75) is 0 Å². The van der Waals surface area contributed by atoms with Crippen LogP contribution in [0.25, 0.3) is 0 Å². The van der Waals surface area contributed by atoms with Crippen molar-refractivity contribution in [1.29, 1.82) is 0 Å². The van der Waals surface area contributed by atoms with Gasteiger partial charge in [0.05, 0.1) is 0 Å². The standard InChI is InChI=1S/C12H8ClO/c13-10-5-4-8-12(9-10)14-11-6-2-1-3-7-11/h1-3,5-9H. The number of hydrogen-bond donors (Lipinski definition) is 0. The number of halogens is 1. The Hall–Kier alpha value is -1.47. The number of ether oxygens (including phenoxy) is 1. The third kappa shape index (κ3) is 2.27. The Morgan fingerprint density at radius 1 is 1.00 bits per heavy atom. The SMILES string of the molecule is Clc1c[c]cc(Oc2ccccc2)c1. The van der Waals surface area contributed by atoms with E-state index in [0.29, 0.717) is 10.8 Å². The third-order valence-electron chi connectivity index (χ3n) is 1.71. The van der Waals surface area contributed by atoms with Crippen molar-refractivity contribution in [2.24, 2.45) is 0 Å². The van der Waals surface area contributed by atoms with Crippen molar-refractivity contribution in [3.05, 3.63) is 59.6 Å². The first kappa shape index (κ1) is 9.10. The molecule has 1 radical (unpaired) electrons. The fraction of sp³-hybridized carbons (Fsp3) is 0. The molecule has 0 aliphatic carbocycles. The molecule has 0 aliphatic rings. The zero-order valence-corrected chi connectivity index (χ0v) is 8.16. The lowest BCUT2D eigenvalue weighted by Crippen LogP contribution is -1.82. The van der Waals surface area contributed by atoms with Crippen molar-refractivity contribution in [1.82, 2.24) is 0 Å². The highest BCUT2D eigenvalue weighted by molar-refractivity contribution is 6.30. The number of benzene rings is 2. The molecular formula is C12H8ClO. The van der Waals surface area contributed by atoms with E-state index in [4.69, 9.17) is 16.3 Å². The van der Waals surface area contributed by atoms with Gasteiger partial charge in [-0.15, -0.1) is 0 Å². The zero-order chi connectivity index (χ0) is 9.80. The van der Waals surface area contributed by atoms with E-state index in [1.54, 1.807) is 18.2 Å². The number of para-hydroxylation sites is 1. The molecule has 0 fully saturated rings. The Bertz CT molecular complexity index is 412. The van der Waals surface area contributed by atoms with Gasteiger partial charge in [-0.3, -0.25) is 0 Å². The van der Waals surface area contributed by atoms with Crippen LogP contribution in [0.2, 0.25) is 5.02 Å². The Kier molecular flexibility index (Phi) is 2.70. The average molecular weight is 204 g/mol. The lowest BCUT2D eigenvalue weighted by Gasteiger charge is -2.04. The largest absolute Gasteiger partial charge is 0.457 e. The van der Waals surface area contributed by atoms with Crippen LogP contribution >= 0.6 is 11.6 Å². The van der Waals surface area contributed by atoms with Gasteiger partial charge in [-0.1, -0.05) is 29.8 Å². The van der Waals surface area contributed by atoms with Crippen molar-refractivity contribution in [2.75, 3.05) is 0 Å². The summed E-state index contributed by atoms with van der Waals surface area (Å²) in [7, 11) is 0. The molecule has 0 bridgehead atoms. The second-order valence-electron chi connectivity index (χ2n) is 2.80. The van der Waals surface area contributed by atoms with Crippen molar-refractivity contribution >= 4 is 11.6 Å². The van der Waals surface area contributed by atoms with E-state index in [1.165, 1.54) is 0 Å².